The van der Waals surface area contributed by atoms with Crippen molar-refractivity contribution in [2.45, 2.75) is 20.4 Å². The Morgan fingerprint density at radius 2 is 1.67 bits per heavy atom. The number of aromatic nitrogens is 4. The van der Waals surface area contributed by atoms with Crippen molar-refractivity contribution in [2.24, 2.45) is 14.1 Å². The monoisotopic (exact) mass is 412 g/mol. The minimum Gasteiger partial charge on any atom is -0.339 e. The maximum Gasteiger partial charge on any atom is 0.332 e. The minimum atomic E-state index is -0.513. The van der Waals surface area contributed by atoms with Crippen molar-refractivity contribution in [2.75, 3.05) is 18.4 Å². The molecule has 10 nitrogen and oxygen atoms in total. The van der Waals surface area contributed by atoms with Gasteiger partial charge in [-0.15, -0.1) is 0 Å². The Hall–Kier alpha value is -3.69. The second kappa shape index (κ2) is 8.36. The summed E-state index contributed by atoms with van der Waals surface area (Å²) in [6.07, 6.45) is 1.36. The Balaban J connectivity index is 1.78. The molecule has 10 heteroatoms. The Bertz CT molecular complexity index is 1220. The Morgan fingerprint density at radius 3 is 2.27 bits per heavy atom. The van der Waals surface area contributed by atoms with Crippen molar-refractivity contribution in [3.63, 3.8) is 0 Å². The predicted octanol–water partition coefficient (Wildman–Crippen LogP) is 0.554. The molecule has 0 atom stereocenters. The third-order valence-corrected chi connectivity index (χ3v) is 4.99. The summed E-state index contributed by atoms with van der Waals surface area (Å²) < 4.78 is 3.71. The van der Waals surface area contributed by atoms with Crippen LogP contribution in [0.5, 0.6) is 0 Å². The van der Waals surface area contributed by atoms with Crippen LogP contribution in [0.4, 0.5) is 5.69 Å². The third kappa shape index (κ3) is 3.76. The van der Waals surface area contributed by atoms with Crippen LogP contribution < -0.4 is 16.6 Å². The lowest BCUT2D eigenvalue weighted by molar-refractivity contribution is -0.116. The van der Waals surface area contributed by atoms with E-state index in [1.165, 1.54) is 29.6 Å². The summed E-state index contributed by atoms with van der Waals surface area (Å²) in [7, 11) is 2.90. The van der Waals surface area contributed by atoms with Gasteiger partial charge in [0.15, 0.2) is 5.52 Å². The van der Waals surface area contributed by atoms with Crippen molar-refractivity contribution in [1.82, 2.24) is 23.6 Å². The highest BCUT2D eigenvalue weighted by molar-refractivity contribution is 5.96. The number of amides is 2. The number of hydrogen-bond acceptors (Lipinski definition) is 5. The summed E-state index contributed by atoms with van der Waals surface area (Å²) in [4.78, 5) is 55.0. The molecule has 0 bridgehead atoms. The van der Waals surface area contributed by atoms with Crippen LogP contribution in [-0.4, -0.2) is 48.5 Å². The molecule has 2 amide bonds. The van der Waals surface area contributed by atoms with E-state index < -0.39 is 11.2 Å². The van der Waals surface area contributed by atoms with Gasteiger partial charge in [-0.3, -0.25) is 23.5 Å². The van der Waals surface area contributed by atoms with Crippen LogP contribution in [0.25, 0.3) is 11.2 Å². The lowest BCUT2D eigenvalue weighted by Crippen LogP contribution is -2.37. The SMILES string of the molecule is CCN(CC)C(=O)c1ccc(NC(=O)Cn2cnc3c(=O)n(C)c(=O)n(C)c32)cc1. The third-order valence-electron chi connectivity index (χ3n) is 4.99. The average Bonchev–Trinajstić information content (AvgIpc) is 3.15. The van der Waals surface area contributed by atoms with E-state index in [4.69, 9.17) is 0 Å². The zero-order chi connectivity index (χ0) is 22.0. The van der Waals surface area contributed by atoms with Crippen molar-refractivity contribution in [3.8, 4) is 0 Å². The molecular formula is C20H24N6O4. The van der Waals surface area contributed by atoms with E-state index in [0.717, 1.165) is 4.57 Å². The normalized spacial score (nSPS) is 10.9. The number of nitrogens with zero attached hydrogens (tertiary/aromatic N) is 5. The van der Waals surface area contributed by atoms with Crippen LogP contribution in [0.1, 0.15) is 24.2 Å². The second-order valence-corrected chi connectivity index (χ2v) is 6.85. The van der Waals surface area contributed by atoms with Gasteiger partial charge in [-0.2, -0.15) is 0 Å². The van der Waals surface area contributed by atoms with Crippen LogP contribution in [-0.2, 0) is 25.4 Å². The first kappa shape index (κ1) is 21.0. The maximum atomic E-state index is 12.5. The van der Waals surface area contributed by atoms with Crippen molar-refractivity contribution < 1.29 is 9.59 Å². The number of carbonyl (C=O) groups excluding carboxylic acids is 2. The number of anilines is 1. The number of carbonyl (C=O) groups is 2. The summed E-state index contributed by atoms with van der Waals surface area (Å²) in [6, 6.07) is 6.64. The molecule has 0 fully saturated rings. The van der Waals surface area contributed by atoms with Crippen molar-refractivity contribution in [3.05, 3.63) is 57.0 Å². The number of nitrogens with one attached hydrogen (secondary N) is 1. The van der Waals surface area contributed by atoms with E-state index in [9.17, 15) is 19.2 Å². The van der Waals surface area contributed by atoms with Crippen molar-refractivity contribution in [1.29, 1.82) is 0 Å². The van der Waals surface area contributed by atoms with E-state index in [1.54, 1.807) is 29.2 Å². The molecule has 0 aliphatic heterocycles. The van der Waals surface area contributed by atoms with Crippen molar-refractivity contribution >= 4 is 28.7 Å². The van der Waals surface area contributed by atoms with Gasteiger partial charge in [0.1, 0.15) is 12.2 Å². The highest BCUT2D eigenvalue weighted by Crippen LogP contribution is 2.13. The summed E-state index contributed by atoms with van der Waals surface area (Å²) in [5.41, 5.74) is 0.461. The topological polar surface area (TPSA) is 111 Å². The van der Waals surface area contributed by atoms with Crippen LogP contribution >= 0.6 is 0 Å². The van der Waals surface area contributed by atoms with E-state index in [2.05, 4.69) is 10.3 Å². The van der Waals surface area contributed by atoms with E-state index >= 15 is 0 Å². The van der Waals surface area contributed by atoms with Gasteiger partial charge in [0.05, 0.1) is 6.33 Å². The van der Waals surface area contributed by atoms with E-state index in [0.29, 0.717) is 24.3 Å². The Labute approximate surface area is 172 Å². The van der Waals surface area contributed by atoms with Gasteiger partial charge in [-0.1, -0.05) is 0 Å². The smallest absolute Gasteiger partial charge is 0.332 e. The number of imidazole rings is 1. The fourth-order valence-corrected chi connectivity index (χ4v) is 3.30. The number of rotatable bonds is 6. The largest absolute Gasteiger partial charge is 0.339 e. The fourth-order valence-electron chi connectivity index (χ4n) is 3.30. The van der Waals surface area contributed by atoms with Gasteiger partial charge < -0.3 is 14.8 Å². The van der Waals surface area contributed by atoms with Gasteiger partial charge in [0.2, 0.25) is 5.91 Å². The van der Waals surface area contributed by atoms with Crippen LogP contribution in [0.3, 0.4) is 0 Å². The van der Waals surface area contributed by atoms with Gasteiger partial charge >= 0.3 is 5.69 Å². The highest BCUT2D eigenvalue weighted by atomic mass is 16.2. The first-order valence-corrected chi connectivity index (χ1v) is 9.58. The summed E-state index contributed by atoms with van der Waals surface area (Å²) in [5, 5.41) is 2.75. The molecule has 30 heavy (non-hydrogen) atoms. The molecule has 3 aromatic rings. The molecule has 0 saturated carbocycles. The Morgan fingerprint density at radius 1 is 1.03 bits per heavy atom. The molecule has 2 aromatic heterocycles. The highest BCUT2D eigenvalue weighted by Gasteiger charge is 2.16. The first-order valence-electron chi connectivity index (χ1n) is 9.58. The van der Waals surface area contributed by atoms with E-state index in [-0.39, 0.29) is 29.5 Å². The van der Waals surface area contributed by atoms with Crippen LogP contribution in [0, 0.1) is 0 Å². The lowest BCUT2D eigenvalue weighted by Gasteiger charge is -2.18. The number of aryl methyl sites for hydroxylation is 1. The van der Waals surface area contributed by atoms with Gasteiger partial charge in [-0.25, -0.2) is 9.78 Å². The average molecular weight is 412 g/mol. The summed E-state index contributed by atoms with van der Waals surface area (Å²) in [5.74, 6) is -0.421. The predicted molar refractivity (Wildman–Crippen MR) is 113 cm³/mol. The molecule has 0 radical (unpaired) electrons. The molecule has 0 spiro atoms. The minimum absolute atomic E-state index is 0.0646. The molecule has 1 N–H and O–H groups in total. The maximum absolute atomic E-state index is 12.5. The number of hydrogen-bond donors (Lipinski definition) is 1. The molecule has 0 aliphatic rings. The summed E-state index contributed by atoms with van der Waals surface area (Å²) >= 11 is 0. The van der Waals surface area contributed by atoms with Gasteiger partial charge in [0, 0.05) is 38.4 Å². The Kier molecular flexibility index (Phi) is 5.86. The zero-order valence-electron chi connectivity index (χ0n) is 17.4. The molecule has 0 saturated heterocycles. The summed E-state index contributed by atoms with van der Waals surface area (Å²) in [6.45, 7) is 4.95. The molecule has 1 aromatic carbocycles. The molecule has 2 heterocycles. The van der Waals surface area contributed by atoms with Crippen LogP contribution in [0.15, 0.2) is 40.2 Å². The number of fused-ring (bicyclic) bond motifs is 1. The van der Waals surface area contributed by atoms with E-state index in [1.807, 2.05) is 13.8 Å². The molecule has 0 aliphatic carbocycles. The standard InChI is InChI=1S/C20H24N6O4/c1-5-25(6-2)18(28)13-7-9-14(10-8-13)22-15(27)11-26-12-21-16-17(26)23(3)20(30)24(4)19(16)29/h7-10,12H,5-6,11H2,1-4H3,(H,22,27). The molecule has 158 valence electrons. The van der Waals surface area contributed by atoms with Gasteiger partial charge in [0.25, 0.3) is 11.5 Å². The van der Waals surface area contributed by atoms with Crippen LogP contribution in [0.2, 0.25) is 0 Å². The van der Waals surface area contributed by atoms with Gasteiger partial charge in [-0.05, 0) is 38.1 Å². The quantitative estimate of drug-likeness (QED) is 0.636. The molecule has 3 rings (SSSR count). The fraction of sp³-hybridized carbons (Fsp3) is 0.350. The molecule has 0 unspecified atom stereocenters. The molecular weight excluding hydrogens is 388 g/mol. The lowest BCUT2D eigenvalue weighted by atomic mass is 10.1. The zero-order valence-corrected chi connectivity index (χ0v) is 17.4. The number of benzene rings is 1. The second-order valence-electron chi connectivity index (χ2n) is 6.85. The first-order chi connectivity index (χ1) is 14.3.